The molecule has 3 nitrogen and oxygen atoms in total. The van der Waals surface area contributed by atoms with Gasteiger partial charge >= 0.3 is 5.97 Å². The number of aromatic carboxylic acids is 1. The first-order chi connectivity index (χ1) is 9.04. The summed E-state index contributed by atoms with van der Waals surface area (Å²) in [5, 5.41) is 9.17. The Labute approximate surface area is 112 Å². The van der Waals surface area contributed by atoms with E-state index in [1.165, 1.54) is 0 Å². The van der Waals surface area contributed by atoms with Gasteiger partial charge in [0.1, 0.15) is 5.75 Å². The predicted octanol–water partition coefficient (Wildman–Crippen LogP) is 3.68. The zero-order valence-electron chi connectivity index (χ0n) is 11.2. The third-order valence-corrected chi connectivity index (χ3v) is 3.29. The lowest BCUT2D eigenvalue weighted by Gasteiger charge is -2.12. The molecule has 0 aliphatic carbocycles. The number of carbonyl (C=O) groups is 1. The first kappa shape index (κ1) is 13.1. The number of carboxylic acid groups (broad SMARTS) is 1. The number of rotatable bonds is 3. The third kappa shape index (κ3) is 2.45. The van der Waals surface area contributed by atoms with E-state index in [0.29, 0.717) is 5.56 Å². The van der Waals surface area contributed by atoms with Crippen LogP contribution in [0.2, 0.25) is 0 Å². The van der Waals surface area contributed by atoms with Crippen molar-refractivity contribution in [1.82, 2.24) is 0 Å². The van der Waals surface area contributed by atoms with E-state index in [2.05, 4.69) is 0 Å². The van der Waals surface area contributed by atoms with Crippen LogP contribution in [0.5, 0.6) is 5.75 Å². The van der Waals surface area contributed by atoms with Gasteiger partial charge in [-0.15, -0.1) is 0 Å². The maximum Gasteiger partial charge on any atom is 0.335 e. The summed E-state index contributed by atoms with van der Waals surface area (Å²) >= 11 is 0. The molecule has 0 fully saturated rings. The molecule has 0 aliphatic heterocycles. The van der Waals surface area contributed by atoms with E-state index in [0.717, 1.165) is 28.0 Å². The van der Waals surface area contributed by atoms with E-state index in [1.54, 1.807) is 19.2 Å². The highest BCUT2D eigenvalue weighted by molar-refractivity contribution is 5.92. The normalized spacial score (nSPS) is 10.3. The van der Waals surface area contributed by atoms with E-state index < -0.39 is 5.97 Å². The summed E-state index contributed by atoms with van der Waals surface area (Å²) in [6.07, 6.45) is 0. The van der Waals surface area contributed by atoms with Crippen molar-refractivity contribution in [3.8, 4) is 16.9 Å². The number of hydrogen-bond donors (Lipinski definition) is 1. The Morgan fingerprint density at radius 1 is 1.11 bits per heavy atom. The van der Waals surface area contributed by atoms with E-state index in [-0.39, 0.29) is 0 Å². The molecule has 0 saturated heterocycles. The summed E-state index contributed by atoms with van der Waals surface area (Å²) in [7, 11) is 1.63. The average Bonchev–Trinajstić information content (AvgIpc) is 2.39. The number of aryl methyl sites for hydroxylation is 1. The molecular weight excluding hydrogens is 240 g/mol. The van der Waals surface area contributed by atoms with Crippen molar-refractivity contribution in [2.75, 3.05) is 7.11 Å². The van der Waals surface area contributed by atoms with Crippen LogP contribution in [0.25, 0.3) is 11.1 Å². The largest absolute Gasteiger partial charge is 0.497 e. The Balaban J connectivity index is 2.59. The summed E-state index contributed by atoms with van der Waals surface area (Å²) in [5.41, 5.74) is 4.16. The molecule has 0 radical (unpaired) electrons. The van der Waals surface area contributed by atoms with Crippen LogP contribution in [0, 0.1) is 13.8 Å². The molecule has 2 aromatic carbocycles. The first-order valence-electron chi connectivity index (χ1n) is 6.02. The molecule has 3 heteroatoms. The second-order valence-corrected chi connectivity index (χ2v) is 4.46. The van der Waals surface area contributed by atoms with Crippen LogP contribution in [-0.2, 0) is 0 Å². The molecule has 0 amide bonds. The molecule has 0 bridgehead atoms. The number of hydrogen-bond acceptors (Lipinski definition) is 2. The van der Waals surface area contributed by atoms with Gasteiger partial charge in [-0.05, 0) is 54.3 Å². The molecule has 0 saturated carbocycles. The molecular formula is C16H16O3. The Morgan fingerprint density at radius 2 is 1.84 bits per heavy atom. The second-order valence-electron chi connectivity index (χ2n) is 4.46. The van der Waals surface area contributed by atoms with Gasteiger partial charge in [0.05, 0.1) is 12.7 Å². The lowest BCUT2D eigenvalue weighted by molar-refractivity contribution is 0.0696. The summed E-state index contributed by atoms with van der Waals surface area (Å²) in [6, 6.07) is 11.1. The SMILES string of the molecule is COc1ccc(-c2cccc(C(=O)O)c2C)c(C)c1. The summed E-state index contributed by atoms with van der Waals surface area (Å²) in [4.78, 5) is 11.2. The molecule has 0 aliphatic rings. The van der Waals surface area contributed by atoms with Crippen LogP contribution in [0.1, 0.15) is 21.5 Å². The van der Waals surface area contributed by atoms with E-state index in [4.69, 9.17) is 9.84 Å². The van der Waals surface area contributed by atoms with Gasteiger partial charge in [0.15, 0.2) is 0 Å². The predicted molar refractivity (Wildman–Crippen MR) is 74.9 cm³/mol. The van der Waals surface area contributed by atoms with Gasteiger partial charge < -0.3 is 9.84 Å². The number of ether oxygens (including phenoxy) is 1. The average molecular weight is 256 g/mol. The molecule has 98 valence electrons. The molecule has 0 unspecified atom stereocenters. The lowest BCUT2D eigenvalue weighted by atomic mass is 9.93. The Kier molecular flexibility index (Phi) is 3.56. The Morgan fingerprint density at radius 3 is 2.42 bits per heavy atom. The molecule has 19 heavy (non-hydrogen) atoms. The summed E-state index contributed by atoms with van der Waals surface area (Å²) < 4.78 is 5.18. The molecule has 0 atom stereocenters. The topological polar surface area (TPSA) is 46.5 Å². The molecule has 0 heterocycles. The number of benzene rings is 2. The van der Waals surface area contributed by atoms with Crippen LogP contribution >= 0.6 is 0 Å². The quantitative estimate of drug-likeness (QED) is 0.911. The minimum Gasteiger partial charge on any atom is -0.497 e. The van der Waals surface area contributed by atoms with Gasteiger partial charge in [-0.25, -0.2) is 4.79 Å². The maximum atomic E-state index is 11.2. The van der Waals surface area contributed by atoms with Gasteiger partial charge in [0.25, 0.3) is 0 Å². The van der Waals surface area contributed by atoms with E-state index in [1.807, 2.05) is 38.1 Å². The summed E-state index contributed by atoms with van der Waals surface area (Å²) in [5.74, 6) is -0.0983. The monoisotopic (exact) mass is 256 g/mol. The first-order valence-corrected chi connectivity index (χ1v) is 6.02. The van der Waals surface area contributed by atoms with Crippen molar-refractivity contribution in [3.63, 3.8) is 0 Å². The maximum absolute atomic E-state index is 11.2. The van der Waals surface area contributed by atoms with Crippen molar-refractivity contribution >= 4 is 5.97 Å². The van der Waals surface area contributed by atoms with Crippen LogP contribution in [-0.4, -0.2) is 18.2 Å². The zero-order valence-corrected chi connectivity index (χ0v) is 11.2. The molecule has 1 N–H and O–H groups in total. The van der Waals surface area contributed by atoms with Crippen LogP contribution in [0.3, 0.4) is 0 Å². The van der Waals surface area contributed by atoms with Gasteiger partial charge in [-0.3, -0.25) is 0 Å². The lowest BCUT2D eigenvalue weighted by Crippen LogP contribution is -2.01. The third-order valence-electron chi connectivity index (χ3n) is 3.29. The molecule has 0 aromatic heterocycles. The fourth-order valence-electron chi connectivity index (χ4n) is 2.22. The van der Waals surface area contributed by atoms with Crippen molar-refractivity contribution < 1.29 is 14.6 Å². The van der Waals surface area contributed by atoms with E-state index >= 15 is 0 Å². The highest BCUT2D eigenvalue weighted by Crippen LogP contribution is 2.30. The second kappa shape index (κ2) is 5.14. The standard InChI is InChI=1S/C16H16O3/c1-10-9-12(19-3)7-8-13(10)14-5-4-6-15(11(14)2)16(17)18/h4-9H,1-3H3,(H,17,18). The van der Waals surface area contributed by atoms with Crippen molar-refractivity contribution in [2.45, 2.75) is 13.8 Å². The van der Waals surface area contributed by atoms with Crippen LogP contribution in [0.4, 0.5) is 0 Å². The number of carboxylic acids is 1. The van der Waals surface area contributed by atoms with Crippen LogP contribution < -0.4 is 4.74 Å². The number of methoxy groups -OCH3 is 1. The van der Waals surface area contributed by atoms with Crippen molar-refractivity contribution in [2.24, 2.45) is 0 Å². The molecule has 2 rings (SSSR count). The van der Waals surface area contributed by atoms with Gasteiger partial charge in [-0.1, -0.05) is 18.2 Å². The van der Waals surface area contributed by atoms with E-state index in [9.17, 15) is 4.79 Å². The molecule has 2 aromatic rings. The Bertz CT molecular complexity index is 630. The summed E-state index contributed by atoms with van der Waals surface area (Å²) in [6.45, 7) is 3.83. The van der Waals surface area contributed by atoms with Crippen molar-refractivity contribution in [1.29, 1.82) is 0 Å². The fraction of sp³-hybridized carbons (Fsp3) is 0.188. The highest BCUT2D eigenvalue weighted by Gasteiger charge is 2.12. The Hall–Kier alpha value is -2.29. The minimum atomic E-state index is -0.898. The van der Waals surface area contributed by atoms with Crippen molar-refractivity contribution in [3.05, 3.63) is 53.1 Å². The smallest absolute Gasteiger partial charge is 0.335 e. The van der Waals surface area contributed by atoms with Gasteiger partial charge in [0.2, 0.25) is 0 Å². The molecule has 0 spiro atoms. The van der Waals surface area contributed by atoms with Crippen LogP contribution in [0.15, 0.2) is 36.4 Å². The minimum absolute atomic E-state index is 0.340. The highest BCUT2D eigenvalue weighted by atomic mass is 16.5. The fourth-order valence-corrected chi connectivity index (χ4v) is 2.22. The zero-order chi connectivity index (χ0) is 14.0. The van der Waals surface area contributed by atoms with Gasteiger partial charge in [-0.2, -0.15) is 0 Å². The van der Waals surface area contributed by atoms with Gasteiger partial charge in [0, 0.05) is 0 Å².